The molecule has 25 heavy (non-hydrogen) atoms. The number of carbonyl (C=O) groups is 1. The van der Waals surface area contributed by atoms with E-state index >= 15 is 0 Å². The van der Waals surface area contributed by atoms with E-state index in [1.807, 2.05) is 38.1 Å². The predicted octanol–water partition coefficient (Wildman–Crippen LogP) is 2.67. The van der Waals surface area contributed by atoms with Crippen LogP contribution in [0, 0.1) is 0 Å². The predicted molar refractivity (Wildman–Crippen MR) is 94.8 cm³/mol. The van der Waals surface area contributed by atoms with E-state index in [-0.39, 0.29) is 18.2 Å². The quantitative estimate of drug-likeness (QED) is 0.847. The number of amides is 2. The van der Waals surface area contributed by atoms with Crippen molar-refractivity contribution in [1.29, 1.82) is 0 Å². The number of nitrogens with one attached hydrogen (secondary N) is 2. The lowest BCUT2D eigenvalue weighted by molar-refractivity contribution is 0.213. The minimum Gasteiger partial charge on any atom is -0.488 e. The molecule has 0 saturated heterocycles. The van der Waals surface area contributed by atoms with Crippen molar-refractivity contribution < 1.29 is 14.3 Å². The minimum atomic E-state index is -0.220. The Morgan fingerprint density at radius 2 is 2.12 bits per heavy atom. The third kappa shape index (κ3) is 4.86. The lowest BCUT2D eigenvalue weighted by Crippen LogP contribution is -2.40. The molecule has 3 rings (SSSR count). The van der Waals surface area contributed by atoms with Gasteiger partial charge in [-0.3, -0.25) is 0 Å². The molecule has 2 aromatic rings. The summed E-state index contributed by atoms with van der Waals surface area (Å²) < 4.78 is 11.3. The van der Waals surface area contributed by atoms with Gasteiger partial charge in [-0.1, -0.05) is 24.3 Å². The Kier molecular flexibility index (Phi) is 5.38. The number of hydrogen-bond acceptors (Lipinski definition) is 4. The van der Waals surface area contributed by atoms with E-state index in [0.29, 0.717) is 19.0 Å². The summed E-state index contributed by atoms with van der Waals surface area (Å²) in [5.41, 5.74) is 2.10. The van der Waals surface area contributed by atoms with Crippen LogP contribution < -0.4 is 20.1 Å². The smallest absolute Gasteiger partial charge is 0.315 e. The summed E-state index contributed by atoms with van der Waals surface area (Å²) in [5.74, 6) is 1.49. The van der Waals surface area contributed by atoms with Gasteiger partial charge in [0.25, 0.3) is 0 Å². The van der Waals surface area contributed by atoms with Crippen molar-refractivity contribution in [3.05, 3.63) is 53.7 Å². The van der Waals surface area contributed by atoms with Gasteiger partial charge in [0.2, 0.25) is 5.88 Å². The van der Waals surface area contributed by atoms with Crippen molar-refractivity contribution in [2.75, 3.05) is 6.54 Å². The Balaban J connectivity index is 1.39. The van der Waals surface area contributed by atoms with E-state index in [2.05, 4.69) is 21.7 Å². The lowest BCUT2D eigenvalue weighted by Gasteiger charge is -2.13. The number of ether oxygens (including phenoxy) is 2. The molecule has 1 aliphatic rings. The lowest BCUT2D eigenvalue weighted by atomic mass is 10.1. The maximum Gasteiger partial charge on any atom is 0.315 e. The molecule has 0 saturated carbocycles. The standard InChI is InChI=1S/C19H23N3O3/c1-13(2)24-18-8-7-14(10-20-18)11-21-19(23)22-12-16-9-15-5-3-4-6-17(15)25-16/h3-8,10,13,16H,9,11-12H2,1-2H3,(H2,21,22,23). The molecule has 1 aliphatic heterocycles. The summed E-state index contributed by atoms with van der Waals surface area (Å²) >= 11 is 0. The van der Waals surface area contributed by atoms with Gasteiger partial charge in [0.1, 0.15) is 11.9 Å². The monoisotopic (exact) mass is 341 g/mol. The van der Waals surface area contributed by atoms with Crippen LogP contribution in [0.5, 0.6) is 11.6 Å². The number of fused-ring (bicyclic) bond motifs is 1. The first-order chi connectivity index (χ1) is 12.1. The van der Waals surface area contributed by atoms with Crippen molar-refractivity contribution in [2.45, 2.75) is 39.0 Å². The fraction of sp³-hybridized carbons (Fsp3) is 0.368. The van der Waals surface area contributed by atoms with E-state index < -0.39 is 0 Å². The zero-order chi connectivity index (χ0) is 17.6. The molecule has 132 valence electrons. The Hall–Kier alpha value is -2.76. The third-order valence-electron chi connectivity index (χ3n) is 3.81. The second kappa shape index (κ2) is 7.88. The zero-order valence-electron chi connectivity index (χ0n) is 14.5. The van der Waals surface area contributed by atoms with Crippen LogP contribution in [0.4, 0.5) is 4.79 Å². The van der Waals surface area contributed by atoms with Crippen molar-refractivity contribution in [1.82, 2.24) is 15.6 Å². The molecular weight excluding hydrogens is 318 g/mol. The van der Waals surface area contributed by atoms with Crippen LogP contribution in [0.1, 0.15) is 25.0 Å². The van der Waals surface area contributed by atoms with Crippen LogP contribution in [0.25, 0.3) is 0 Å². The number of nitrogens with zero attached hydrogens (tertiary/aromatic N) is 1. The van der Waals surface area contributed by atoms with Crippen molar-refractivity contribution in [3.63, 3.8) is 0 Å². The van der Waals surface area contributed by atoms with Gasteiger partial charge in [-0.05, 0) is 31.0 Å². The highest BCUT2D eigenvalue weighted by molar-refractivity contribution is 5.73. The fourth-order valence-electron chi connectivity index (χ4n) is 2.65. The van der Waals surface area contributed by atoms with Crippen molar-refractivity contribution in [3.8, 4) is 11.6 Å². The van der Waals surface area contributed by atoms with Crippen LogP contribution in [0.2, 0.25) is 0 Å². The molecule has 1 atom stereocenters. The molecule has 2 N–H and O–H groups in total. The molecule has 0 radical (unpaired) electrons. The number of urea groups is 1. The van der Waals surface area contributed by atoms with E-state index in [1.54, 1.807) is 12.3 Å². The van der Waals surface area contributed by atoms with Crippen LogP contribution in [0.15, 0.2) is 42.6 Å². The summed E-state index contributed by atoms with van der Waals surface area (Å²) in [6.07, 6.45) is 2.59. The summed E-state index contributed by atoms with van der Waals surface area (Å²) in [6.45, 7) is 4.79. The average molecular weight is 341 g/mol. The second-order valence-electron chi connectivity index (χ2n) is 6.29. The molecule has 1 unspecified atom stereocenters. The molecule has 0 spiro atoms. The molecule has 1 aromatic heterocycles. The molecule has 2 heterocycles. The van der Waals surface area contributed by atoms with Gasteiger partial charge in [-0.2, -0.15) is 0 Å². The summed E-state index contributed by atoms with van der Waals surface area (Å²) in [7, 11) is 0. The number of pyridine rings is 1. The molecule has 0 bridgehead atoms. The third-order valence-corrected chi connectivity index (χ3v) is 3.81. The maximum absolute atomic E-state index is 11.9. The van der Waals surface area contributed by atoms with E-state index in [9.17, 15) is 4.79 Å². The molecule has 6 heteroatoms. The van der Waals surface area contributed by atoms with Gasteiger partial charge in [0, 0.05) is 25.2 Å². The Morgan fingerprint density at radius 3 is 2.84 bits per heavy atom. The van der Waals surface area contributed by atoms with E-state index in [4.69, 9.17) is 9.47 Å². The molecule has 0 fully saturated rings. The molecular formula is C19H23N3O3. The highest BCUT2D eigenvalue weighted by Gasteiger charge is 2.22. The van der Waals surface area contributed by atoms with Gasteiger partial charge in [-0.15, -0.1) is 0 Å². The van der Waals surface area contributed by atoms with Gasteiger partial charge in [0.05, 0.1) is 12.6 Å². The largest absolute Gasteiger partial charge is 0.488 e. The molecule has 2 amide bonds. The van der Waals surface area contributed by atoms with Gasteiger partial charge in [0.15, 0.2) is 0 Å². The Morgan fingerprint density at radius 1 is 1.28 bits per heavy atom. The number of carbonyl (C=O) groups excluding carboxylic acids is 1. The van der Waals surface area contributed by atoms with Gasteiger partial charge >= 0.3 is 6.03 Å². The first-order valence-electron chi connectivity index (χ1n) is 8.48. The first kappa shape index (κ1) is 17.1. The summed E-state index contributed by atoms with van der Waals surface area (Å²) in [4.78, 5) is 16.2. The second-order valence-corrected chi connectivity index (χ2v) is 6.29. The minimum absolute atomic E-state index is 0.0164. The first-order valence-corrected chi connectivity index (χ1v) is 8.48. The van der Waals surface area contributed by atoms with Crippen LogP contribution >= 0.6 is 0 Å². The summed E-state index contributed by atoms with van der Waals surface area (Å²) in [5, 5.41) is 5.66. The van der Waals surface area contributed by atoms with E-state index in [1.165, 1.54) is 5.56 Å². The van der Waals surface area contributed by atoms with Gasteiger partial charge in [-0.25, -0.2) is 9.78 Å². The SMILES string of the molecule is CC(C)Oc1ccc(CNC(=O)NCC2Cc3ccccc3O2)cn1. The number of rotatable bonds is 6. The highest BCUT2D eigenvalue weighted by Crippen LogP contribution is 2.27. The number of para-hydroxylation sites is 1. The van der Waals surface area contributed by atoms with Crippen molar-refractivity contribution in [2.24, 2.45) is 0 Å². The highest BCUT2D eigenvalue weighted by atomic mass is 16.5. The van der Waals surface area contributed by atoms with E-state index in [0.717, 1.165) is 17.7 Å². The van der Waals surface area contributed by atoms with Crippen molar-refractivity contribution >= 4 is 6.03 Å². The molecule has 0 aliphatic carbocycles. The number of aromatic nitrogens is 1. The summed E-state index contributed by atoms with van der Waals surface area (Å²) in [6, 6.07) is 11.4. The van der Waals surface area contributed by atoms with Crippen LogP contribution in [-0.4, -0.2) is 29.8 Å². The van der Waals surface area contributed by atoms with Gasteiger partial charge < -0.3 is 20.1 Å². The molecule has 1 aromatic carbocycles. The Bertz CT molecular complexity index is 691. The zero-order valence-corrected chi connectivity index (χ0v) is 14.5. The normalized spacial score (nSPS) is 15.4. The van der Waals surface area contributed by atoms with Crippen LogP contribution in [0.3, 0.4) is 0 Å². The fourth-order valence-corrected chi connectivity index (χ4v) is 2.65. The topological polar surface area (TPSA) is 72.5 Å². The Labute approximate surface area is 147 Å². The average Bonchev–Trinajstić information content (AvgIpc) is 3.02. The number of hydrogen-bond donors (Lipinski definition) is 2. The number of benzene rings is 1. The molecule has 6 nitrogen and oxygen atoms in total. The maximum atomic E-state index is 11.9. The van der Waals surface area contributed by atoms with Crippen LogP contribution in [-0.2, 0) is 13.0 Å².